The molecule has 1 aliphatic rings. The first-order valence-corrected chi connectivity index (χ1v) is 11.9. The van der Waals surface area contributed by atoms with Crippen LogP contribution in [0.25, 0.3) is 5.57 Å². The van der Waals surface area contributed by atoms with Crippen molar-refractivity contribution in [2.24, 2.45) is 5.92 Å². The molecule has 180 valence electrons. The maximum absolute atomic E-state index is 13.6. The molecular formula is C30H32N2O3. The molecule has 2 amide bonds. The molecule has 0 saturated heterocycles. The van der Waals surface area contributed by atoms with E-state index in [0.717, 1.165) is 11.4 Å². The van der Waals surface area contributed by atoms with E-state index in [1.807, 2.05) is 66.7 Å². The SMILES string of the molecule is CC(C)COc1ccc(C2=C(Nc3ccc(C(C)(C)C)cc3)C(=O)N(c3ccccc3)C2=O)cc1. The van der Waals surface area contributed by atoms with Gasteiger partial charge < -0.3 is 10.1 Å². The number of hydrogen-bond acceptors (Lipinski definition) is 4. The lowest BCUT2D eigenvalue weighted by atomic mass is 9.87. The van der Waals surface area contributed by atoms with Gasteiger partial charge in [0.15, 0.2) is 0 Å². The molecule has 5 nitrogen and oxygen atoms in total. The molecule has 1 heterocycles. The summed E-state index contributed by atoms with van der Waals surface area (Å²) in [7, 11) is 0. The summed E-state index contributed by atoms with van der Waals surface area (Å²) in [5.41, 5.74) is 3.76. The molecule has 0 aliphatic carbocycles. The molecule has 5 heteroatoms. The van der Waals surface area contributed by atoms with Gasteiger partial charge in [0.25, 0.3) is 11.8 Å². The molecule has 0 spiro atoms. The zero-order chi connectivity index (χ0) is 25.2. The number of amides is 2. The van der Waals surface area contributed by atoms with Gasteiger partial charge in [-0.1, -0.05) is 77.1 Å². The third kappa shape index (κ3) is 5.29. The van der Waals surface area contributed by atoms with Crippen molar-refractivity contribution in [3.63, 3.8) is 0 Å². The molecule has 3 aromatic carbocycles. The Morgan fingerprint density at radius 3 is 2.03 bits per heavy atom. The number of nitrogens with zero attached hydrogens (tertiary/aromatic N) is 1. The van der Waals surface area contributed by atoms with Gasteiger partial charge >= 0.3 is 0 Å². The Morgan fingerprint density at radius 2 is 1.46 bits per heavy atom. The van der Waals surface area contributed by atoms with Crippen LogP contribution in [0.2, 0.25) is 0 Å². The van der Waals surface area contributed by atoms with Gasteiger partial charge in [0.05, 0.1) is 17.9 Å². The minimum atomic E-state index is -0.378. The van der Waals surface area contributed by atoms with Gasteiger partial charge in [0, 0.05) is 5.69 Å². The number of carbonyl (C=O) groups is 2. The molecule has 35 heavy (non-hydrogen) atoms. The van der Waals surface area contributed by atoms with Crippen LogP contribution < -0.4 is 15.0 Å². The van der Waals surface area contributed by atoms with Crippen LogP contribution in [-0.4, -0.2) is 18.4 Å². The summed E-state index contributed by atoms with van der Waals surface area (Å²) in [5, 5.41) is 3.24. The van der Waals surface area contributed by atoms with Gasteiger partial charge in [0.2, 0.25) is 0 Å². The lowest BCUT2D eigenvalue weighted by Crippen LogP contribution is -2.32. The fraction of sp³-hybridized carbons (Fsp3) is 0.267. The van der Waals surface area contributed by atoms with Crippen LogP contribution in [0.4, 0.5) is 11.4 Å². The van der Waals surface area contributed by atoms with Gasteiger partial charge in [-0.15, -0.1) is 0 Å². The molecule has 1 aliphatic heterocycles. The Balaban J connectivity index is 1.71. The van der Waals surface area contributed by atoms with Crippen LogP contribution in [0.15, 0.2) is 84.6 Å². The number of nitrogens with one attached hydrogen (secondary N) is 1. The standard InChI is InChI=1S/C30H32N2O3/c1-20(2)19-35-25-17-11-21(12-18-25)26-27(31-23-15-13-22(14-16-23)30(3,4)5)29(34)32(28(26)33)24-9-7-6-8-10-24/h6-18,20,31H,19H2,1-5H3. The quantitative estimate of drug-likeness (QED) is 0.407. The summed E-state index contributed by atoms with van der Waals surface area (Å²) >= 11 is 0. The number of para-hydroxylation sites is 1. The highest BCUT2D eigenvalue weighted by molar-refractivity contribution is 6.46. The summed E-state index contributed by atoms with van der Waals surface area (Å²) < 4.78 is 5.79. The van der Waals surface area contributed by atoms with Crippen molar-refractivity contribution in [1.82, 2.24) is 0 Å². The molecule has 0 aromatic heterocycles. The molecule has 0 atom stereocenters. The van der Waals surface area contributed by atoms with Crippen molar-refractivity contribution >= 4 is 28.8 Å². The summed E-state index contributed by atoms with van der Waals surface area (Å²) in [6.07, 6.45) is 0. The highest BCUT2D eigenvalue weighted by atomic mass is 16.5. The summed E-state index contributed by atoms with van der Waals surface area (Å²) in [6, 6.07) is 24.3. The van der Waals surface area contributed by atoms with Crippen LogP contribution in [0.1, 0.15) is 45.7 Å². The Hall–Kier alpha value is -3.86. The van der Waals surface area contributed by atoms with Gasteiger partial charge in [-0.25, -0.2) is 4.90 Å². The van der Waals surface area contributed by atoms with E-state index in [-0.39, 0.29) is 22.9 Å². The van der Waals surface area contributed by atoms with E-state index < -0.39 is 0 Å². The fourth-order valence-electron chi connectivity index (χ4n) is 3.90. The van der Waals surface area contributed by atoms with Crippen LogP contribution >= 0.6 is 0 Å². The van der Waals surface area contributed by atoms with Crippen molar-refractivity contribution in [3.05, 3.63) is 95.7 Å². The van der Waals surface area contributed by atoms with E-state index in [9.17, 15) is 9.59 Å². The Kier molecular flexibility index (Phi) is 6.79. The number of benzene rings is 3. The number of imide groups is 1. The maximum atomic E-state index is 13.6. The highest BCUT2D eigenvalue weighted by Crippen LogP contribution is 2.34. The first-order valence-electron chi connectivity index (χ1n) is 11.9. The van der Waals surface area contributed by atoms with Crippen molar-refractivity contribution < 1.29 is 14.3 Å². The Labute approximate surface area is 207 Å². The second kappa shape index (κ2) is 9.79. The third-order valence-corrected chi connectivity index (χ3v) is 5.84. The van der Waals surface area contributed by atoms with Crippen LogP contribution in [0.3, 0.4) is 0 Å². The molecule has 1 N–H and O–H groups in total. The normalized spacial score (nSPS) is 14.2. The summed E-state index contributed by atoms with van der Waals surface area (Å²) in [4.78, 5) is 28.3. The van der Waals surface area contributed by atoms with Gasteiger partial charge in [0.1, 0.15) is 11.4 Å². The van der Waals surface area contributed by atoms with Crippen molar-refractivity contribution in [2.45, 2.75) is 40.0 Å². The first-order chi connectivity index (χ1) is 16.6. The first kappa shape index (κ1) is 24.3. The predicted octanol–water partition coefficient (Wildman–Crippen LogP) is 6.42. The third-order valence-electron chi connectivity index (χ3n) is 5.84. The summed E-state index contributed by atoms with van der Waals surface area (Å²) in [6.45, 7) is 11.3. The minimum Gasteiger partial charge on any atom is -0.493 e. The largest absolute Gasteiger partial charge is 0.493 e. The predicted molar refractivity (Wildman–Crippen MR) is 141 cm³/mol. The zero-order valence-corrected chi connectivity index (χ0v) is 21.0. The molecule has 0 bridgehead atoms. The van der Waals surface area contributed by atoms with E-state index in [1.54, 1.807) is 12.1 Å². The Morgan fingerprint density at radius 1 is 0.829 bits per heavy atom. The van der Waals surface area contributed by atoms with Crippen molar-refractivity contribution in [1.29, 1.82) is 0 Å². The lowest BCUT2D eigenvalue weighted by molar-refractivity contribution is -0.120. The maximum Gasteiger partial charge on any atom is 0.282 e. The van der Waals surface area contributed by atoms with Gasteiger partial charge in [-0.2, -0.15) is 0 Å². The molecule has 4 rings (SSSR count). The smallest absolute Gasteiger partial charge is 0.282 e. The second-order valence-corrected chi connectivity index (χ2v) is 10.2. The number of hydrogen-bond donors (Lipinski definition) is 1. The molecule has 0 fully saturated rings. The average Bonchev–Trinajstić information content (AvgIpc) is 3.07. The van der Waals surface area contributed by atoms with Crippen LogP contribution in [-0.2, 0) is 15.0 Å². The van der Waals surface area contributed by atoms with E-state index >= 15 is 0 Å². The number of carbonyl (C=O) groups excluding carboxylic acids is 2. The Bertz CT molecular complexity index is 1240. The zero-order valence-electron chi connectivity index (χ0n) is 21.0. The van der Waals surface area contributed by atoms with E-state index in [1.165, 1.54) is 10.5 Å². The molecule has 0 unspecified atom stereocenters. The molecule has 3 aromatic rings. The summed E-state index contributed by atoms with van der Waals surface area (Å²) in [5.74, 6) is 0.403. The van der Waals surface area contributed by atoms with Crippen LogP contribution in [0.5, 0.6) is 5.75 Å². The highest BCUT2D eigenvalue weighted by Gasteiger charge is 2.40. The lowest BCUT2D eigenvalue weighted by Gasteiger charge is -2.19. The van der Waals surface area contributed by atoms with E-state index in [0.29, 0.717) is 29.3 Å². The van der Waals surface area contributed by atoms with E-state index in [2.05, 4.69) is 39.9 Å². The van der Waals surface area contributed by atoms with Crippen molar-refractivity contribution in [3.8, 4) is 5.75 Å². The fourth-order valence-corrected chi connectivity index (χ4v) is 3.90. The van der Waals surface area contributed by atoms with Gasteiger partial charge in [-0.3, -0.25) is 9.59 Å². The monoisotopic (exact) mass is 468 g/mol. The average molecular weight is 469 g/mol. The second-order valence-electron chi connectivity index (χ2n) is 10.2. The van der Waals surface area contributed by atoms with Crippen LogP contribution in [0, 0.1) is 5.92 Å². The number of ether oxygens (including phenoxy) is 1. The van der Waals surface area contributed by atoms with Crippen molar-refractivity contribution in [2.75, 3.05) is 16.8 Å². The molecule has 0 saturated carbocycles. The molecular weight excluding hydrogens is 436 g/mol. The minimum absolute atomic E-state index is 0.0194. The molecule has 0 radical (unpaired) electrons. The van der Waals surface area contributed by atoms with E-state index in [4.69, 9.17) is 4.74 Å². The van der Waals surface area contributed by atoms with Gasteiger partial charge in [-0.05, 0) is 58.9 Å². The number of rotatable bonds is 7. The topological polar surface area (TPSA) is 58.6 Å². The number of anilines is 2.